The second-order valence-electron chi connectivity index (χ2n) is 7.14. The van der Waals surface area contributed by atoms with Gasteiger partial charge in [-0.05, 0) is 67.8 Å². The Hall–Kier alpha value is -2.78. The molecule has 4 aromatic rings. The topological polar surface area (TPSA) is 27.1 Å². The summed E-state index contributed by atoms with van der Waals surface area (Å²) in [6.45, 7) is 6.92. The van der Waals surface area contributed by atoms with Crippen molar-refractivity contribution < 1.29 is 4.74 Å². The van der Waals surface area contributed by atoms with Crippen molar-refractivity contribution in [2.75, 3.05) is 0 Å². The first-order chi connectivity index (χ1) is 13.5. The third-order valence-corrected chi connectivity index (χ3v) is 5.50. The maximum absolute atomic E-state index is 6.23. The number of hydrogen-bond donors (Lipinski definition) is 0. The van der Waals surface area contributed by atoms with Gasteiger partial charge in [-0.25, -0.2) is 4.98 Å². The molecule has 0 aliphatic carbocycles. The average molecular weight is 391 g/mol. The van der Waals surface area contributed by atoms with Gasteiger partial charge in [0.1, 0.15) is 5.75 Å². The molecule has 0 aliphatic rings. The second kappa shape index (κ2) is 7.69. The quantitative estimate of drug-likeness (QED) is 0.389. The first-order valence-electron chi connectivity index (χ1n) is 9.45. The summed E-state index contributed by atoms with van der Waals surface area (Å²) in [6.07, 6.45) is -0.197. The summed E-state index contributed by atoms with van der Waals surface area (Å²) in [4.78, 5) is 4.89. The number of aromatic nitrogens is 2. The van der Waals surface area contributed by atoms with E-state index in [9.17, 15) is 0 Å². The fourth-order valence-corrected chi connectivity index (χ4v) is 3.59. The zero-order valence-electron chi connectivity index (χ0n) is 16.3. The molecule has 0 N–H and O–H groups in total. The highest BCUT2D eigenvalue weighted by molar-refractivity contribution is 6.31. The van der Waals surface area contributed by atoms with Gasteiger partial charge in [-0.1, -0.05) is 48.0 Å². The van der Waals surface area contributed by atoms with Gasteiger partial charge in [0.05, 0.1) is 11.0 Å². The third-order valence-electron chi connectivity index (χ3n) is 5.08. The van der Waals surface area contributed by atoms with Crippen LogP contribution in [0.5, 0.6) is 5.75 Å². The molecule has 0 aliphatic heterocycles. The Morgan fingerprint density at radius 3 is 2.50 bits per heavy atom. The summed E-state index contributed by atoms with van der Waals surface area (Å²) in [7, 11) is 0. The lowest BCUT2D eigenvalue weighted by Crippen LogP contribution is -2.13. The number of halogens is 1. The van der Waals surface area contributed by atoms with Crippen LogP contribution in [0.4, 0.5) is 0 Å². The first kappa shape index (κ1) is 18.6. The van der Waals surface area contributed by atoms with Crippen LogP contribution in [-0.4, -0.2) is 9.55 Å². The van der Waals surface area contributed by atoms with E-state index in [1.54, 1.807) is 0 Å². The van der Waals surface area contributed by atoms with E-state index in [-0.39, 0.29) is 6.10 Å². The van der Waals surface area contributed by atoms with Gasteiger partial charge in [0.2, 0.25) is 0 Å². The summed E-state index contributed by atoms with van der Waals surface area (Å²) in [5.74, 6) is 1.71. The van der Waals surface area contributed by atoms with Crippen molar-refractivity contribution in [2.24, 2.45) is 0 Å². The number of nitrogens with zero attached hydrogens (tertiary/aromatic N) is 2. The Bertz CT molecular complexity index is 1130. The molecular formula is C24H23ClN2O. The minimum Gasteiger partial charge on any atom is -0.483 e. The van der Waals surface area contributed by atoms with Crippen molar-refractivity contribution in [3.8, 4) is 5.75 Å². The molecular weight excluding hydrogens is 368 g/mol. The minimum absolute atomic E-state index is 0.197. The predicted octanol–water partition coefficient (Wildman–Crippen LogP) is 6.49. The van der Waals surface area contributed by atoms with E-state index in [0.29, 0.717) is 0 Å². The lowest BCUT2D eigenvalue weighted by atomic mass is 10.1. The van der Waals surface area contributed by atoms with Gasteiger partial charge < -0.3 is 9.30 Å². The van der Waals surface area contributed by atoms with Gasteiger partial charge in [0.25, 0.3) is 0 Å². The molecule has 0 spiro atoms. The molecule has 3 aromatic carbocycles. The van der Waals surface area contributed by atoms with E-state index in [1.807, 2.05) is 44.2 Å². The zero-order valence-corrected chi connectivity index (χ0v) is 17.1. The molecule has 1 unspecified atom stereocenters. The van der Waals surface area contributed by atoms with Gasteiger partial charge >= 0.3 is 0 Å². The number of hydrogen-bond acceptors (Lipinski definition) is 2. The minimum atomic E-state index is -0.197. The van der Waals surface area contributed by atoms with E-state index in [4.69, 9.17) is 21.3 Å². The van der Waals surface area contributed by atoms with E-state index in [1.165, 1.54) is 11.1 Å². The molecule has 0 amide bonds. The number of benzene rings is 3. The molecule has 0 fully saturated rings. The predicted molar refractivity (Wildman–Crippen MR) is 115 cm³/mol. The largest absolute Gasteiger partial charge is 0.483 e. The molecule has 1 aromatic heterocycles. The molecule has 0 bridgehead atoms. The Morgan fingerprint density at radius 1 is 0.964 bits per heavy atom. The summed E-state index contributed by atoms with van der Waals surface area (Å²) in [6, 6.07) is 22.4. The fourth-order valence-electron chi connectivity index (χ4n) is 3.48. The molecule has 0 saturated carbocycles. The average Bonchev–Trinajstić information content (AvgIpc) is 3.05. The lowest BCUT2D eigenvalue weighted by Gasteiger charge is -2.18. The standard InChI is InChI=1S/C24H23ClN2O/c1-16-8-4-5-9-19(16)15-27-23-11-7-6-10-22(23)26-24(27)18(3)28-20-12-13-21(25)17(2)14-20/h4-14,18H,15H2,1-3H3. The van der Waals surface area contributed by atoms with Gasteiger partial charge in [-0.3, -0.25) is 0 Å². The highest BCUT2D eigenvalue weighted by Crippen LogP contribution is 2.28. The molecule has 4 heteroatoms. The van der Waals surface area contributed by atoms with Crippen LogP contribution in [0, 0.1) is 13.8 Å². The SMILES string of the molecule is Cc1cc(OC(C)c2nc3ccccc3n2Cc2ccccc2C)ccc1Cl. The fraction of sp³-hybridized carbons (Fsp3) is 0.208. The van der Waals surface area contributed by atoms with E-state index < -0.39 is 0 Å². The number of fused-ring (bicyclic) bond motifs is 1. The van der Waals surface area contributed by atoms with Crippen molar-refractivity contribution >= 4 is 22.6 Å². The third kappa shape index (κ3) is 3.63. The summed E-state index contributed by atoms with van der Waals surface area (Å²) in [5.41, 5.74) is 5.65. The monoisotopic (exact) mass is 390 g/mol. The summed E-state index contributed by atoms with van der Waals surface area (Å²) >= 11 is 6.15. The van der Waals surface area contributed by atoms with E-state index >= 15 is 0 Å². The van der Waals surface area contributed by atoms with Crippen LogP contribution in [0.3, 0.4) is 0 Å². The number of ether oxygens (including phenoxy) is 1. The summed E-state index contributed by atoms with van der Waals surface area (Å²) < 4.78 is 8.49. The smallest absolute Gasteiger partial charge is 0.153 e. The van der Waals surface area contributed by atoms with Crippen LogP contribution >= 0.6 is 11.6 Å². The van der Waals surface area contributed by atoms with Gasteiger partial charge in [0, 0.05) is 11.6 Å². The van der Waals surface area contributed by atoms with E-state index in [0.717, 1.165) is 39.7 Å². The normalized spacial score (nSPS) is 12.3. The molecule has 28 heavy (non-hydrogen) atoms. The molecule has 1 heterocycles. The highest BCUT2D eigenvalue weighted by Gasteiger charge is 2.19. The Morgan fingerprint density at radius 2 is 1.71 bits per heavy atom. The van der Waals surface area contributed by atoms with Crippen molar-refractivity contribution in [2.45, 2.75) is 33.4 Å². The molecule has 3 nitrogen and oxygen atoms in total. The van der Waals surface area contributed by atoms with Crippen molar-refractivity contribution in [3.63, 3.8) is 0 Å². The van der Waals surface area contributed by atoms with Gasteiger partial charge in [-0.2, -0.15) is 0 Å². The zero-order chi connectivity index (χ0) is 19.7. The first-order valence-corrected chi connectivity index (χ1v) is 9.83. The van der Waals surface area contributed by atoms with Gasteiger partial charge in [0.15, 0.2) is 11.9 Å². The van der Waals surface area contributed by atoms with Crippen LogP contribution in [-0.2, 0) is 6.54 Å². The van der Waals surface area contributed by atoms with Gasteiger partial charge in [-0.15, -0.1) is 0 Å². The van der Waals surface area contributed by atoms with E-state index in [2.05, 4.69) is 47.9 Å². The molecule has 1 atom stereocenters. The number of para-hydroxylation sites is 2. The number of aryl methyl sites for hydroxylation is 2. The van der Waals surface area contributed by atoms with Crippen LogP contribution in [0.15, 0.2) is 66.7 Å². The van der Waals surface area contributed by atoms with Crippen molar-refractivity contribution in [1.82, 2.24) is 9.55 Å². The Labute approximate surface area is 170 Å². The maximum Gasteiger partial charge on any atom is 0.153 e. The molecule has 142 valence electrons. The van der Waals surface area contributed by atoms with Crippen molar-refractivity contribution in [3.05, 3.63) is 94.3 Å². The molecule has 0 radical (unpaired) electrons. The Kier molecular flexibility index (Phi) is 5.10. The van der Waals surface area contributed by atoms with Crippen molar-refractivity contribution in [1.29, 1.82) is 0 Å². The lowest BCUT2D eigenvalue weighted by molar-refractivity contribution is 0.212. The Balaban J connectivity index is 1.73. The molecule has 4 rings (SSSR count). The van der Waals surface area contributed by atoms with Crippen LogP contribution in [0.2, 0.25) is 5.02 Å². The molecule has 0 saturated heterocycles. The van der Waals surface area contributed by atoms with Crippen LogP contribution < -0.4 is 4.74 Å². The number of imidazole rings is 1. The van der Waals surface area contributed by atoms with Crippen LogP contribution in [0.25, 0.3) is 11.0 Å². The summed E-state index contributed by atoms with van der Waals surface area (Å²) in [5, 5.41) is 0.742. The maximum atomic E-state index is 6.23. The van der Waals surface area contributed by atoms with Crippen LogP contribution in [0.1, 0.15) is 35.5 Å². The second-order valence-corrected chi connectivity index (χ2v) is 7.55. The highest BCUT2D eigenvalue weighted by atomic mass is 35.5. The number of rotatable bonds is 5.